The van der Waals surface area contributed by atoms with Crippen LogP contribution in [0.25, 0.3) is 0 Å². The van der Waals surface area contributed by atoms with Crippen LogP contribution in [0.3, 0.4) is 0 Å². The molecular weight excluding hydrogens is 403 g/mol. The van der Waals surface area contributed by atoms with Crippen molar-refractivity contribution < 1.29 is 14.0 Å². The van der Waals surface area contributed by atoms with Crippen LogP contribution in [0.2, 0.25) is 0 Å². The molecule has 5 heteroatoms. The summed E-state index contributed by atoms with van der Waals surface area (Å²) in [5.74, 6) is -0.446. The van der Waals surface area contributed by atoms with Crippen molar-refractivity contribution >= 4 is 11.8 Å². The Bertz CT molecular complexity index is 874. The van der Waals surface area contributed by atoms with Crippen molar-refractivity contribution in [2.75, 3.05) is 0 Å². The summed E-state index contributed by atoms with van der Waals surface area (Å²) in [7, 11) is 0. The van der Waals surface area contributed by atoms with E-state index in [0.717, 1.165) is 36.8 Å². The van der Waals surface area contributed by atoms with Gasteiger partial charge in [-0.2, -0.15) is 0 Å². The standard InChI is InChI=1S/C27H35FN2O2/c1-3-25(27(32)29-24-7-5-4-6-8-24)30(19-22-13-16-23(28)17-14-22)26(31)18-15-21-11-9-20(2)10-12-21/h9-14,16-17,24-25H,3-8,15,18-19H2,1-2H3,(H,29,32)/t25-/m1/s1. The van der Waals surface area contributed by atoms with E-state index < -0.39 is 6.04 Å². The first-order valence-corrected chi connectivity index (χ1v) is 11.9. The maximum atomic E-state index is 13.4. The van der Waals surface area contributed by atoms with Crippen molar-refractivity contribution in [2.24, 2.45) is 0 Å². The van der Waals surface area contributed by atoms with Gasteiger partial charge in [0.25, 0.3) is 0 Å². The van der Waals surface area contributed by atoms with Crippen molar-refractivity contribution in [3.8, 4) is 0 Å². The van der Waals surface area contributed by atoms with Gasteiger partial charge < -0.3 is 10.2 Å². The second-order valence-electron chi connectivity index (χ2n) is 8.90. The maximum absolute atomic E-state index is 13.4. The van der Waals surface area contributed by atoms with Gasteiger partial charge in [0.2, 0.25) is 11.8 Å². The molecule has 0 spiro atoms. The topological polar surface area (TPSA) is 49.4 Å². The number of rotatable bonds is 9. The molecule has 0 radical (unpaired) electrons. The Morgan fingerprint density at radius 2 is 1.62 bits per heavy atom. The molecule has 1 N–H and O–H groups in total. The molecule has 1 fully saturated rings. The van der Waals surface area contributed by atoms with Gasteiger partial charge in [-0.15, -0.1) is 0 Å². The molecule has 0 heterocycles. The first-order valence-electron chi connectivity index (χ1n) is 11.9. The number of halogens is 1. The third-order valence-corrected chi connectivity index (χ3v) is 6.35. The third kappa shape index (κ3) is 6.91. The average Bonchev–Trinajstić information content (AvgIpc) is 2.80. The molecule has 1 atom stereocenters. The lowest BCUT2D eigenvalue weighted by Gasteiger charge is -2.33. The SMILES string of the molecule is CC[C@H](C(=O)NC1CCCCC1)N(Cc1ccc(F)cc1)C(=O)CCc1ccc(C)cc1. The van der Waals surface area contributed by atoms with Gasteiger partial charge in [0.1, 0.15) is 11.9 Å². The summed E-state index contributed by atoms with van der Waals surface area (Å²) in [5.41, 5.74) is 3.10. The molecular formula is C27H35FN2O2. The Morgan fingerprint density at radius 3 is 2.25 bits per heavy atom. The minimum atomic E-state index is -0.535. The van der Waals surface area contributed by atoms with Crippen LogP contribution in [0.15, 0.2) is 48.5 Å². The van der Waals surface area contributed by atoms with E-state index in [2.05, 4.69) is 5.32 Å². The predicted molar refractivity (Wildman–Crippen MR) is 126 cm³/mol. The summed E-state index contributed by atoms with van der Waals surface area (Å²) in [6.45, 7) is 4.27. The van der Waals surface area contributed by atoms with Crippen LogP contribution in [-0.4, -0.2) is 28.8 Å². The summed E-state index contributed by atoms with van der Waals surface area (Å²) in [6, 6.07) is 14.0. The second-order valence-corrected chi connectivity index (χ2v) is 8.90. The molecule has 0 aliphatic heterocycles. The number of aryl methyl sites for hydroxylation is 2. The fourth-order valence-corrected chi connectivity index (χ4v) is 4.40. The number of carbonyl (C=O) groups excluding carboxylic acids is 2. The second kappa shape index (κ2) is 11.8. The molecule has 2 amide bonds. The van der Waals surface area contributed by atoms with Crippen LogP contribution < -0.4 is 5.32 Å². The lowest BCUT2D eigenvalue weighted by Crippen LogP contribution is -2.51. The molecule has 0 saturated heterocycles. The first kappa shape index (κ1) is 24.0. The van der Waals surface area contributed by atoms with Gasteiger partial charge in [-0.25, -0.2) is 4.39 Å². The first-order chi connectivity index (χ1) is 15.5. The maximum Gasteiger partial charge on any atom is 0.243 e. The van der Waals surface area contributed by atoms with E-state index in [4.69, 9.17) is 0 Å². The predicted octanol–water partition coefficient (Wildman–Crippen LogP) is 5.32. The third-order valence-electron chi connectivity index (χ3n) is 6.35. The molecule has 2 aromatic carbocycles. The molecule has 2 aromatic rings. The van der Waals surface area contributed by atoms with Gasteiger partial charge >= 0.3 is 0 Å². The molecule has 1 saturated carbocycles. The van der Waals surface area contributed by atoms with Gasteiger partial charge in [-0.3, -0.25) is 9.59 Å². The van der Waals surface area contributed by atoms with Crippen molar-refractivity contribution in [1.82, 2.24) is 10.2 Å². The molecule has 1 aliphatic carbocycles. The van der Waals surface area contributed by atoms with E-state index in [9.17, 15) is 14.0 Å². The summed E-state index contributed by atoms with van der Waals surface area (Å²) >= 11 is 0. The minimum Gasteiger partial charge on any atom is -0.352 e. The van der Waals surface area contributed by atoms with E-state index in [-0.39, 0.29) is 23.7 Å². The summed E-state index contributed by atoms with van der Waals surface area (Å²) in [4.78, 5) is 28.2. The van der Waals surface area contributed by atoms with Crippen LogP contribution in [0.1, 0.15) is 68.6 Å². The van der Waals surface area contributed by atoms with Crippen molar-refractivity contribution in [3.63, 3.8) is 0 Å². The van der Waals surface area contributed by atoms with Crippen LogP contribution >= 0.6 is 0 Å². The fourth-order valence-electron chi connectivity index (χ4n) is 4.40. The number of carbonyl (C=O) groups is 2. The highest BCUT2D eigenvalue weighted by molar-refractivity contribution is 5.88. The van der Waals surface area contributed by atoms with E-state index >= 15 is 0 Å². The lowest BCUT2D eigenvalue weighted by molar-refractivity contribution is -0.141. The van der Waals surface area contributed by atoms with E-state index in [1.807, 2.05) is 38.1 Å². The molecule has 32 heavy (non-hydrogen) atoms. The smallest absolute Gasteiger partial charge is 0.243 e. The molecule has 1 aliphatic rings. The highest BCUT2D eigenvalue weighted by Gasteiger charge is 2.30. The summed E-state index contributed by atoms with van der Waals surface area (Å²) < 4.78 is 13.4. The van der Waals surface area contributed by atoms with Crippen molar-refractivity contribution in [2.45, 2.75) is 83.8 Å². The molecule has 4 nitrogen and oxygen atoms in total. The normalized spacial score (nSPS) is 15.2. The highest BCUT2D eigenvalue weighted by Crippen LogP contribution is 2.20. The minimum absolute atomic E-state index is 0.0551. The Morgan fingerprint density at radius 1 is 1.00 bits per heavy atom. The number of hydrogen-bond donors (Lipinski definition) is 1. The van der Waals surface area contributed by atoms with Crippen LogP contribution in [0.5, 0.6) is 0 Å². The zero-order chi connectivity index (χ0) is 22.9. The average molecular weight is 439 g/mol. The number of benzene rings is 2. The molecule has 172 valence electrons. The van der Waals surface area contributed by atoms with Gasteiger partial charge in [-0.1, -0.05) is 68.1 Å². The number of nitrogens with zero attached hydrogens (tertiary/aromatic N) is 1. The van der Waals surface area contributed by atoms with Gasteiger partial charge in [0.05, 0.1) is 0 Å². The molecule has 3 rings (SSSR count). The molecule has 0 aromatic heterocycles. The van der Waals surface area contributed by atoms with E-state index in [0.29, 0.717) is 25.8 Å². The monoisotopic (exact) mass is 438 g/mol. The van der Waals surface area contributed by atoms with Gasteiger partial charge in [-0.05, 0) is 55.9 Å². The summed E-state index contributed by atoms with van der Waals surface area (Å²) in [6.07, 6.45) is 6.99. The number of nitrogens with one attached hydrogen (secondary N) is 1. The van der Waals surface area contributed by atoms with Gasteiger partial charge in [0.15, 0.2) is 0 Å². The Balaban J connectivity index is 1.73. The van der Waals surface area contributed by atoms with Gasteiger partial charge in [0, 0.05) is 19.0 Å². The zero-order valence-corrected chi connectivity index (χ0v) is 19.3. The molecule has 0 bridgehead atoms. The molecule has 0 unspecified atom stereocenters. The zero-order valence-electron chi connectivity index (χ0n) is 19.3. The number of hydrogen-bond acceptors (Lipinski definition) is 2. The lowest BCUT2D eigenvalue weighted by atomic mass is 9.95. The van der Waals surface area contributed by atoms with Crippen LogP contribution in [0, 0.1) is 12.7 Å². The number of amides is 2. The van der Waals surface area contributed by atoms with Crippen LogP contribution in [-0.2, 0) is 22.6 Å². The quantitative estimate of drug-likeness (QED) is 0.576. The fraction of sp³-hybridized carbons (Fsp3) is 0.481. The largest absolute Gasteiger partial charge is 0.352 e. The Kier molecular flexibility index (Phi) is 8.83. The van der Waals surface area contributed by atoms with Crippen molar-refractivity contribution in [1.29, 1.82) is 0 Å². The Hall–Kier alpha value is -2.69. The summed E-state index contributed by atoms with van der Waals surface area (Å²) in [5, 5.41) is 3.19. The van der Waals surface area contributed by atoms with Crippen molar-refractivity contribution in [3.05, 3.63) is 71.0 Å². The van der Waals surface area contributed by atoms with E-state index in [1.54, 1.807) is 17.0 Å². The van der Waals surface area contributed by atoms with Crippen LogP contribution in [0.4, 0.5) is 4.39 Å². The van der Waals surface area contributed by atoms with E-state index in [1.165, 1.54) is 24.1 Å². The Labute approximate surface area is 191 Å². The highest BCUT2D eigenvalue weighted by atomic mass is 19.1.